The largest absolute Gasteiger partial charge is 0.507 e. The van der Waals surface area contributed by atoms with Crippen LogP contribution >= 0.6 is 0 Å². The van der Waals surface area contributed by atoms with Gasteiger partial charge in [-0.2, -0.15) is 0 Å². The minimum Gasteiger partial charge on any atom is -0.507 e. The highest BCUT2D eigenvalue weighted by atomic mass is 16.7. The molecular weight excluding hydrogens is 560 g/mol. The molecular formula is C28H32O14. The van der Waals surface area contributed by atoms with E-state index in [4.69, 9.17) is 28.5 Å². The predicted octanol–water partition coefficient (Wildman–Crippen LogP) is 0.130. The number of aliphatic hydroxyl groups excluding tert-OH is 5. The second-order valence-electron chi connectivity index (χ2n) is 9.66. The number of ether oxygens (including phenoxy) is 4. The molecule has 14 nitrogen and oxygen atoms in total. The van der Waals surface area contributed by atoms with Crippen LogP contribution in [-0.2, 0) is 16.0 Å². The van der Waals surface area contributed by atoms with Gasteiger partial charge < -0.3 is 59.1 Å². The number of rotatable bonds is 11. The number of phenolic OH excluding ortho intramolecular Hbond substituents is 1. The minimum atomic E-state index is -1.91. The lowest BCUT2D eigenvalue weighted by molar-refractivity contribution is -0.271. The molecule has 4 rings (SSSR count). The summed E-state index contributed by atoms with van der Waals surface area (Å²) < 4.78 is 28.0. The van der Waals surface area contributed by atoms with Gasteiger partial charge >= 0.3 is 5.97 Å². The summed E-state index contributed by atoms with van der Waals surface area (Å²) in [6.07, 6.45) is -9.56. The molecule has 2 heterocycles. The number of methoxy groups -OCH3 is 1. The van der Waals surface area contributed by atoms with E-state index >= 15 is 0 Å². The van der Waals surface area contributed by atoms with Gasteiger partial charge in [-0.05, 0) is 18.6 Å². The number of carbonyl (C=O) groups is 1. The maximum atomic E-state index is 13.1. The number of phenols is 1. The molecule has 14 heteroatoms. The van der Waals surface area contributed by atoms with Gasteiger partial charge in [0.2, 0.25) is 6.29 Å². The summed E-state index contributed by atoms with van der Waals surface area (Å²) in [5, 5.41) is 69.1. The van der Waals surface area contributed by atoms with Crippen LogP contribution in [0.3, 0.4) is 0 Å². The van der Waals surface area contributed by atoms with Crippen LogP contribution in [0.2, 0.25) is 0 Å². The zero-order valence-electron chi connectivity index (χ0n) is 22.7. The summed E-state index contributed by atoms with van der Waals surface area (Å²) in [4.78, 5) is 24.6. The Morgan fingerprint density at radius 1 is 1.10 bits per heavy atom. The van der Waals surface area contributed by atoms with Crippen LogP contribution in [-0.4, -0.2) is 98.8 Å². The number of fused-ring (bicyclic) bond motifs is 1. The third-order valence-corrected chi connectivity index (χ3v) is 6.69. The highest BCUT2D eigenvalue weighted by molar-refractivity contribution is 5.86. The predicted molar refractivity (Wildman–Crippen MR) is 144 cm³/mol. The zero-order chi connectivity index (χ0) is 30.7. The first-order valence-corrected chi connectivity index (χ1v) is 13.0. The van der Waals surface area contributed by atoms with Gasteiger partial charge in [-0.1, -0.05) is 13.3 Å². The highest BCUT2D eigenvalue weighted by Crippen LogP contribution is 2.42. The molecule has 6 atom stereocenters. The Hall–Kier alpha value is -3.92. The molecule has 0 spiro atoms. The molecule has 7 N–H and O–H groups in total. The van der Waals surface area contributed by atoms with E-state index in [0.29, 0.717) is 24.0 Å². The third-order valence-electron chi connectivity index (χ3n) is 6.69. The Kier molecular flexibility index (Phi) is 9.56. The van der Waals surface area contributed by atoms with Crippen LogP contribution in [0.5, 0.6) is 23.0 Å². The molecule has 1 fully saturated rings. The number of aliphatic carboxylic acids is 1. The van der Waals surface area contributed by atoms with Gasteiger partial charge in [0.05, 0.1) is 13.7 Å². The molecule has 42 heavy (non-hydrogen) atoms. The summed E-state index contributed by atoms with van der Waals surface area (Å²) in [5.41, 5.74) is 0.150. The van der Waals surface area contributed by atoms with E-state index in [1.165, 1.54) is 25.3 Å². The number of hydrogen-bond donors (Lipinski definition) is 7. The monoisotopic (exact) mass is 592 g/mol. The third kappa shape index (κ3) is 6.13. The van der Waals surface area contributed by atoms with Gasteiger partial charge in [0, 0.05) is 29.3 Å². The van der Waals surface area contributed by atoms with Crippen LogP contribution in [0, 0.1) is 0 Å². The van der Waals surface area contributed by atoms with Crippen LogP contribution in [0.25, 0.3) is 22.3 Å². The topological polar surface area (TPSA) is 226 Å². The minimum absolute atomic E-state index is 0.00861. The number of aromatic hydroxyl groups is 1. The van der Waals surface area contributed by atoms with Crippen molar-refractivity contribution in [1.82, 2.24) is 0 Å². The van der Waals surface area contributed by atoms with Crippen LogP contribution in [0.4, 0.5) is 0 Å². The smallest absolute Gasteiger partial charge is 0.335 e. The van der Waals surface area contributed by atoms with Gasteiger partial charge in [0.1, 0.15) is 59.3 Å². The second kappa shape index (κ2) is 12.9. The van der Waals surface area contributed by atoms with Crippen molar-refractivity contribution < 1.29 is 63.9 Å². The number of hydrogen-bond acceptors (Lipinski definition) is 13. The van der Waals surface area contributed by atoms with Gasteiger partial charge in [-0.3, -0.25) is 4.79 Å². The maximum Gasteiger partial charge on any atom is 0.335 e. The van der Waals surface area contributed by atoms with Crippen molar-refractivity contribution in [3.63, 3.8) is 0 Å². The normalized spacial score (nSPS) is 23.0. The Morgan fingerprint density at radius 3 is 2.48 bits per heavy atom. The molecule has 1 aliphatic heterocycles. The van der Waals surface area contributed by atoms with Gasteiger partial charge in [0.25, 0.3) is 0 Å². The van der Waals surface area contributed by atoms with E-state index in [2.05, 4.69) is 0 Å². The first kappa shape index (κ1) is 31.0. The molecule has 228 valence electrons. The Labute approximate surface area is 238 Å². The van der Waals surface area contributed by atoms with Crippen molar-refractivity contribution in [3.05, 3.63) is 46.1 Å². The molecule has 2 aromatic carbocycles. The van der Waals surface area contributed by atoms with Crippen molar-refractivity contribution in [3.8, 4) is 34.3 Å². The van der Waals surface area contributed by atoms with E-state index < -0.39 is 60.6 Å². The first-order chi connectivity index (χ1) is 20.0. The summed E-state index contributed by atoms with van der Waals surface area (Å²) in [6.45, 7) is 1.04. The molecule has 1 saturated heterocycles. The molecule has 0 aliphatic carbocycles. The van der Waals surface area contributed by atoms with E-state index in [1.54, 1.807) is 6.07 Å². The maximum absolute atomic E-state index is 13.1. The van der Waals surface area contributed by atoms with Crippen LogP contribution in [0.1, 0.15) is 18.9 Å². The van der Waals surface area contributed by atoms with E-state index in [1.807, 2.05) is 6.92 Å². The van der Waals surface area contributed by atoms with Gasteiger partial charge in [0.15, 0.2) is 23.0 Å². The number of carboxylic acid groups (broad SMARTS) is 1. The summed E-state index contributed by atoms with van der Waals surface area (Å²) in [7, 11) is 1.35. The van der Waals surface area contributed by atoms with Crippen molar-refractivity contribution in [1.29, 1.82) is 0 Å². The van der Waals surface area contributed by atoms with E-state index in [-0.39, 0.29) is 40.6 Å². The fourth-order valence-electron chi connectivity index (χ4n) is 4.60. The molecule has 3 aromatic rings. The molecule has 0 amide bonds. The van der Waals surface area contributed by atoms with Crippen LogP contribution in [0.15, 0.2) is 39.5 Å². The lowest BCUT2D eigenvalue weighted by Crippen LogP contribution is -2.61. The summed E-state index contributed by atoms with van der Waals surface area (Å²) >= 11 is 0. The van der Waals surface area contributed by atoms with Gasteiger partial charge in [-0.25, -0.2) is 4.79 Å². The first-order valence-electron chi connectivity index (χ1n) is 13.0. The second-order valence-corrected chi connectivity index (χ2v) is 9.66. The van der Waals surface area contributed by atoms with Crippen molar-refractivity contribution in [2.45, 2.75) is 56.6 Å². The van der Waals surface area contributed by atoms with Crippen LogP contribution < -0.4 is 19.6 Å². The molecule has 1 aliphatic rings. The average molecular weight is 593 g/mol. The zero-order valence-corrected chi connectivity index (χ0v) is 22.7. The lowest BCUT2D eigenvalue weighted by Gasteiger charge is -2.38. The molecule has 0 saturated carbocycles. The molecule has 0 bridgehead atoms. The van der Waals surface area contributed by atoms with Crippen molar-refractivity contribution in [2.24, 2.45) is 0 Å². The fraction of sp³-hybridized carbons (Fsp3) is 0.429. The number of carboxylic acids is 1. The number of benzene rings is 2. The Morgan fingerprint density at radius 2 is 1.83 bits per heavy atom. The molecule has 6 unspecified atom stereocenters. The van der Waals surface area contributed by atoms with Crippen molar-refractivity contribution in [2.75, 3.05) is 20.3 Å². The lowest BCUT2D eigenvalue weighted by atomic mass is 9.97. The SMILES string of the molecule is CCCc1c(-c2cc(=O)c3c(O)cc(OCC(O)CO)cc3o2)ccc(OC)c1OC1OC(C(=O)O)C(O)C(O)C1O. The average Bonchev–Trinajstić information content (AvgIpc) is 2.96. The summed E-state index contributed by atoms with van der Waals surface area (Å²) in [5.74, 6) is -1.71. The fourth-order valence-corrected chi connectivity index (χ4v) is 4.60. The summed E-state index contributed by atoms with van der Waals surface area (Å²) in [6, 6.07) is 6.76. The molecule has 0 radical (unpaired) electrons. The van der Waals surface area contributed by atoms with Crippen molar-refractivity contribution >= 4 is 16.9 Å². The van der Waals surface area contributed by atoms with E-state index in [9.17, 15) is 40.2 Å². The Bertz CT molecular complexity index is 1480. The molecule has 1 aromatic heterocycles. The van der Waals surface area contributed by atoms with E-state index in [0.717, 1.165) is 6.07 Å². The highest BCUT2D eigenvalue weighted by Gasteiger charge is 2.48. The standard InChI is InChI=1S/C28H32O14/c1-3-4-15-14(19-9-17(32)21-16(31)7-13(8-20(21)40-19)39-11-12(30)10-29)5-6-18(38-2)25(15)41-28-24(35)22(33)23(34)26(42-28)27(36)37/h5-9,12,22-24,26,28-31,33-35H,3-4,10-11H2,1-2H3,(H,36,37). The Balaban J connectivity index is 1.81. The van der Waals surface area contributed by atoms with Gasteiger partial charge in [-0.15, -0.1) is 0 Å². The quantitative estimate of drug-likeness (QED) is 0.157. The number of aliphatic hydroxyl groups is 5.